The summed E-state index contributed by atoms with van der Waals surface area (Å²) < 4.78 is 13.6. The number of nitrogens with two attached hydrogens (primary N) is 1. The van der Waals surface area contributed by atoms with Crippen molar-refractivity contribution in [3.05, 3.63) is 64.5 Å². The van der Waals surface area contributed by atoms with Crippen LogP contribution in [0.15, 0.2) is 41.4 Å². The summed E-state index contributed by atoms with van der Waals surface area (Å²) in [6.07, 6.45) is 0. The molecule has 0 saturated carbocycles. The number of benzene rings is 2. The first-order chi connectivity index (χ1) is 10.5. The van der Waals surface area contributed by atoms with Gasteiger partial charge in [-0.25, -0.2) is 9.38 Å². The molecule has 2 aromatic carbocycles. The lowest BCUT2D eigenvalue weighted by Crippen LogP contribution is -2.22. The Balaban J connectivity index is 0.00000264. The van der Waals surface area contributed by atoms with Gasteiger partial charge in [0.1, 0.15) is 5.82 Å². The van der Waals surface area contributed by atoms with E-state index in [1.165, 1.54) is 18.2 Å². The van der Waals surface area contributed by atoms with E-state index in [0.717, 1.165) is 16.8 Å². The maximum atomic E-state index is 13.6. The molecule has 0 aliphatic rings. The predicted molar refractivity (Wildman–Crippen MR) is 101 cm³/mol. The predicted octanol–water partition coefficient (Wildman–Crippen LogP) is 3.86. The van der Waals surface area contributed by atoms with Crippen LogP contribution < -0.4 is 11.1 Å². The summed E-state index contributed by atoms with van der Waals surface area (Å²) in [5, 5.41) is 11.8. The molecular weight excluding hydrogens is 406 g/mol. The van der Waals surface area contributed by atoms with Crippen molar-refractivity contribution in [2.45, 2.75) is 20.4 Å². The Morgan fingerprint density at radius 2 is 1.87 bits per heavy atom. The molecule has 0 aliphatic carbocycles. The van der Waals surface area contributed by atoms with Crippen molar-refractivity contribution in [2.75, 3.05) is 5.32 Å². The Labute approximate surface area is 152 Å². The van der Waals surface area contributed by atoms with Crippen LogP contribution in [0.5, 0.6) is 0 Å². The number of aliphatic imine (C=N–C) groups is 1. The second-order valence-corrected chi connectivity index (χ2v) is 5.12. The van der Waals surface area contributed by atoms with Crippen LogP contribution in [0, 0.1) is 31.0 Å². The van der Waals surface area contributed by atoms with Gasteiger partial charge in [0.25, 0.3) is 0 Å². The number of aryl methyl sites for hydroxylation is 2. The number of guanidine groups is 1. The van der Waals surface area contributed by atoms with Gasteiger partial charge in [-0.1, -0.05) is 6.07 Å². The zero-order chi connectivity index (χ0) is 16.1. The number of anilines is 1. The molecule has 0 aromatic heterocycles. The van der Waals surface area contributed by atoms with E-state index in [-0.39, 0.29) is 36.5 Å². The molecule has 4 nitrogen and oxygen atoms in total. The molecule has 2 aromatic rings. The van der Waals surface area contributed by atoms with Gasteiger partial charge in [0.2, 0.25) is 0 Å². The molecule has 0 radical (unpaired) electrons. The summed E-state index contributed by atoms with van der Waals surface area (Å²) in [4.78, 5) is 4.12. The Morgan fingerprint density at radius 3 is 2.48 bits per heavy atom. The van der Waals surface area contributed by atoms with E-state index in [2.05, 4.69) is 16.4 Å². The summed E-state index contributed by atoms with van der Waals surface area (Å²) in [5.41, 5.74) is 9.62. The normalized spacial score (nSPS) is 10.6. The standard InChI is InChI=1S/C17H17FN4.HI/c1-11-5-12(2)7-15(6-11)22-17(20)21-10-14-8-13(9-19)3-4-16(14)18;/h3-8H,10H2,1-2H3,(H3,20,21,22);1H. The molecule has 0 bridgehead atoms. The number of nitriles is 1. The summed E-state index contributed by atoms with van der Waals surface area (Å²) in [5.74, 6) is -0.200. The van der Waals surface area contributed by atoms with Gasteiger partial charge in [-0.05, 0) is 55.3 Å². The average molecular weight is 424 g/mol. The third-order valence-electron chi connectivity index (χ3n) is 3.09. The van der Waals surface area contributed by atoms with Crippen molar-refractivity contribution < 1.29 is 4.39 Å². The third-order valence-corrected chi connectivity index (χ3v) is 3.09. The van der Waals surface area contributed by atoms with Crippen LogP contribution in [0.25, 0.3) is 0 Å². The number of hydrogen-bond donors (Lipinski definition) is 2. The molecule has 0 spiro atoms. The largest absolute Gasteiger partial charge is 0.370 e. The molecule has 2 rings (SSSR count). The summed E-state index contributed by atoms with van der Waals surface area (Å²) in [6.45, 7) is 4.06. The van der Waals surface area contributed by atoms with Gasteiger partial charge in [-0.3, -0.25) is 0 Å². The maximum absolute atomic E-state index is 13.6. The molecule has 0 saturated heterocycles. The Hall–Kier alpha value is -2.14. The first-order valence-electron chi connectivity index (χ1n) is 6.81. The van der Waals surface area contributed by atoms with E-state index >= 15 is 0 Å². The first-order valence-corrected chi connectivity index (χ1v) is 6.81. The molecule has 0 fully saturated rings. The number of hydrogen-bond acceptors (Lipinski definition) is 2. The van der Waals surface area contributed by atoms with Gasteiger partial charge in [-0.15, -0.1) is 24.0 Å². The monoisotopic (exact) mass is 424 g/mol. The van der Waals surface area contributed by atoms with Crippen LogP contribution in [0.1, 0.15) is 22.3 Å². The zero-order valence-corrected chi connectivity index (χ0v) is 15.3. The van der Waals surface area contributed by atoms with Gasteiger partial charge >= 0.3 is 0 Å². The third kappa shape index (κ3) is 5.53. The highest BCUT2D eigenvalue weighted by molar-refractivity contribution is 14.0. The lowest BCUT2D eigenvalue weighted by molar-refractivity contribution is 0.610. The summed E-state index contributed by atoms with van der Waals surface area (Å²) >= 11 is 0. The Bertz CT molecular complexity index is 745. The van der Waals surface area contributed by atoms with Gasteiger partial charge in [-0.2, -0.15) is 5.26 Å². The average Bonchev–Trinajstić information content (AvgIpc) is 2.45. The highest BCUT2D eigenvalue weighted by Crippen LogP contribution is 2.14. The van der Waals surface area contributed by atoms with Crippen molar-refractivity contribution in [3.8, 4) is 6.07 Å². The fraction of sp³-hybridized carbons (Fsp3) is 0.176. The molecule has 0 unspecified atom stereocenters. The van der Waals surface area contributed by atoms with Crippen molar-refractivity contribution in [2.24, 2.45) is 10.7 Å². The van der Waals surface area contributed by atoms with Crippen LogP contribution in [0.2, 0.25) is 0 Å². The fourth-order valence-corrected chi connectivity index (χ4v) is 2.17. The quantitative estimate of drug-likeness (QED) is 0.447. The molecule has 3 N–H and O–H groups in total. The van der Waals surface area contributed by atoms with Gasteiger partial charge in [0.05, 0.1) is 18.2 Å². The Morgan fingerprint density at radius 1 is 1.22 bits per heavy atom. The molecule has 6 heteroatoms. The van der Waals surface area contributed by atoms with E-state index in [1.807, 2.05) is 32.0 Å². The van der Waals surface area contributed by atoms with Gasteiger partial charge in [0.15, 0.2) is 5.96 Å². The number of nitrogens with zero attached hydrogens (tertiary/aromatic N) is 2. The molecule has 23 heavy (non-hydrogen) atoms. The zero-order valence-electron chi connectivity index (χ0n) is 12.9. The van der Waals surface area contributed by atoms with Crippen molar-refractivity contribution in [1.82, 2.24) is 0 Å². The molecule has 0 heterocycles. The smallest absolute Gasteiger partial charge is 0.193 e. The van der Waals surface area contributed by atoms with Gasteiger partial charge < -0.3 is 11.1 Å². The van der Waals surface area contributed by atoms with Crippen LogP contribution in [-0.2, 0) is 6.54 Å². The molecular formula is C17H18FIN4. The summed E-state index contributed by atoms with van der Waals surface area (Å²) in [7, 11) is 0. The highest BCUT2D eigenvalue weighted by Gasteiger charge is 2.04. The second kappa shape index (κ2) is 8.48. The fourth-order valence-electron chi connectivity index (χ4n) is 2.17. The number of nitrogens with one attached hydrogen (secondary N) is 1. The minimum Gasteiger partial charge on any atom is -0.370 e. The summed E-state index contributed by atoms with van der Waals surface area (Å²) in [6, 6.07) is 12.1. The Kier molecular flexibility index (Phi) is 6.97. The molecule has 0 amide bonds. The van der Waals surface area contributed by atoms with Crippen molar-refractivity contribution >= 4 is 35.6 Å². The number of rotatable bonds is 3. The van der Waals surface area contributed by atoms with E-state index in [4.69, 9.17) is 11.0 Å². The second-order valence-electron chi connectivity index (χ2n) is 5.12. The molecule has 0 aliphatic heterocycles. The number of halogens is 2. The van der Waals surface area contributed by atoms with Gasteiger partial charge in [0, 0.05) is 11.3 Å². The van der Waals surface area contributed by atoms with Crippen molar-refractivity contribution in [3.63, 3.8) is 0 Å². The SMILES string of the molecule is Cc1cc(C)cc(NC(N)=NCc2cc(C#N)ccc2F)c1.I. The minimum atomic E-state index is -0.401. The van der Waals surface area contributed by atoms with Crippen LogP contribution in [0.3, 0.4) is 0 Å². The van der Waals surface area contributed by atoms with E-state index in [9.17, 15) is 4.39 Å². The maximum Gasteiger partial charge on any atom is 0.193 e. The van der Waals surface area contributed by atoms with Crippen LogP contribution in [0.4, 0.5) is 10.1 Å². The topological polar surface area (TPSA) is 74.2 Å². The van der Waals surface area contributed by atoms with Crippen molar-refractivity contribution in [1.29, 1.82) is 5.26 Å². The highest BCUT2D eigenvalue weighted by atomic mass is 127. The van der Waals surface area contributed by atoms with Crippen LogP contribution in [-0.4, -0.2) is 5.96 Å². The van der Waals surface area contributed by atoms with Crippen LogP contribution >= 0.6 is 24.0 Å². The van der Waals surface area contributed by atoms with E-state index < -0.39 is 5.82 Å². The molecule has 120 valence electrons. The minimum absolute atomic E-state index is 0. The van der Waals surface area contributed by atoms with E-state index in [1.54, 1.807) is 0 Å². The van der Waals surface area contributed by atoms with E-state index in [0.29, 0.717) is 11.1 Å². The first kappa shape index (κ1) is 18.9. The lowest BCUT2D eigenvalue weighted by Gasteiger charge is -2.08. The lowest BCUT2D eigenvalue weighted by atomic mass is 10.1. The molecule has 0 atom stereocenters.